The molecule has 0 saturated carbocycles. The minimum Gasteiger partial charge on any atom is -0.151 e. The van der Waals surface area contributed by atoms with E-state index in [0.29, 0.717) is 0 Å². The first-order valence-corrected chi connectivity index (χ1v) is 10.8. The second kappa shape index (κ2) is 10.2. The summed E-state index contributed by atoms with van der Waals surface area (Å²) in [6.45, 7) is 0. The van der Waals surface area contributed by atoms with Gasteiger partial charge in [0.25, 0.3) is 0 Å². The molecule has 0 unspecified atom stereocenters. The first kappa shape index (κ1) is 21.0. The fraction of sp³-hybridized carbons (Fsp3) is 0. The van der Waals surface area contributed by atoms with E-state index in [1.165, 1.54) is 0 Å². The topological polar surface area (TPSA) is 74.2 Å². The Bertz CT molecular complexity index is 1420. The average Bonchev–Trinajstić information content (AvgIpc) is 3.12. The molecule has 0 amide bonds. The third kappa shape index (κ3) is 5.31. The van der Waals surface area contributed by atoms with Gasteiger partial charge in [0, 0.05) is 5.56 Å². The lowest BCUT2D eigenvalue weighted by Gasteiger charge is -1.97. The maximum atomic E-state index is 4.41. The van der Waals surface area contributed by atoms with Gasteiger partial charge in [0.2, 0.25) is 0 Å². The third-order valence-corrected chi connectivity index (χ3v) is 5.06. The summed E-state index contributed by atoms with van der Waals surface area (Å²) in [4.78, 5) is 0. The molecule has 0 N–H and O–H groups in total. The zero-order valence-electron chi connectivity index (χ0n) is 18.2. The molecule has 162 valence electrons. The molecule has 2 aliphatic rings. The summed E-state index contributed by atoms with van der Waals surface area (Å²) in [5.74, 6) is 0. The number of rotatable bonds is 6. The monoisotopic (exact) mass is 440 g/mol. The molecule has 0 atom stereocenters. The lowest BCUT2D eigenvalue weighted by Crippen LogP contribution is -1.68. The Morgan fingerprint density at radius 1 is 0.294 bits per heavy atom. The molecular formula is C28H20N6. The van der Waals surface area contributed by atoms with Gasteiger partial charge in [-0.25, -0.2) is 0 Å². The number of azo groups is 3. The predicted molar refractivity (Wildman–Crippen MR) is 135 cm³/mol. The largest absolute Gasteiger partial charge is 0.151 e. The van der Waals surface area contributed by atoms with Gasteiger partial charge in [0.05, 0.1) is 34.1 Å². The van der Waals surface area contributed by atoms with E-state index in [0.717, 1.165) is 45.3 Å². The summed E-state index contributed by atoms with van der Waals surface area (Å²) in [5, 5.41) is 25.8. The predicted octanol–water partition coefficient (Wildman–Crippen LogP) is 10.0. The van der Waals surface area contributed by atoms with Crippen molar-refractivity contribution >= 4 is 34.1 Å². The quantitative estimate of drug-likeness (QED) is 0.236. The number of nitrogens with zero attached hydrogens (tertiary/aromatic N) is 6. The Hall–Kier alpha value is -4.84. The van der Waals surface area contributed by atoms with Crippen LogP contribution in [0, 0.1) is 0 Å². The molecule has 34 heavy (non-hydrogen) atoms. The molecule has 0 fully saturated rings. The van der Waals surface area contributed by atoms with E-state index >= 15 is 0 Å². The van der Waals surface area contributed by atoms with Gasteiger partial charge >= 0.3 is 0 Å². The normalized spacial score (nSPS) is 11.8. The molecule has 0 saturated heterocycles. The Labute approximate surface area is 197 Å². The van der Waals surface area contributed by atoms with Crippen molar-refractivity contribution < 1.29 is 0 Å². The highest BCUT2D eigenvalue weighted by atomic mass is 15.1. The highest BCUT2D eigenvalue weighted by molar-refractivity contribution is 5.79. The summed E-state index contributed by atoms with van der Waals surface area (Å²) in [7, 11) is 0. The van der Waals surface area contributed by atoms with Crippen molar-refractivity contribution in [1.82, 2.24) is 0 Å². The maximum Gasteiger partial charge on any atom is 0.0935 e. The average molecular weight is 441 g/mol. The van der Waals surface area contributed by atoms with Crippen LogP contribution in [0.15, 0.2) is 152 Å². The van der Waals surface area contributed by atoms with Crippen molar-refractivity contribution in [3.63, 3.8) is 0 Å². The minimum atomic E-state index is 0.734. The van der Waals surface area contributed by atoms with Gasteiger partial charge in [-0.2, -0.15) is 25.6 Å². The first-order chi connectivity index (χ1) is 16.8. The van der Waals surface area contributed by atoms with Gasteiger partial charge in [0.1, 0.15) is 0 Å². The van der Waals surface area contributed by atoms with Gasteiger partial charge < -0.3 is 0 Å². The van der Waals surface area contributed by atoms with Crippen LogP contribution in [0.2, 0.25) is 0 Å². The Kier molecular flexibility index (Phi) is 6.30. The molecule has 6 nitrogen and oxygen atoms in total. The van der Waals surface area contributed by atoms with Crippen LogP contribution >= 0.6 is 0 Å². The standard InChI is InChI=1S/C28H20N6/c1-3-7-21-11-20-28(27(21)10-6-1)34-33-26-18-16-25(17-19-26)32-31-24-14-12-23(13-15-24)30-29-22-8-4-2-5-9-22/h1-20H. The number of hydrogen-bond donors (Lipinski definition) is 0. The Morgan fingerprint density at radius 3 is 1.24 bits per heavy atom. The molecule has 0 bridgehead atoms. The van der Waals surface area contributed by atoms with Gasteiger partial charge in [-0.15, -0.1) is 5.11 Å². The van der Waals surface area contributed by atoms with E-state index in [2.05, 4.69) is 36.8 Å². The van der Waals surface area contributed by atoms with Crippen LogP contribution in [0.25, 0.3) is 11.1 Å². The number of hydrogen-bond acceptors (Lipinski definition) is 6. The third-order valence-electron chi connectivity index (χ3n) is 5.06. The van der Waals surface area contributed by atoms with E-state index in [4.69, 9.17) is 0 Å². The molecule has 2 aliphatic carbocycles. The van der Waals surface area contributed by atoms with E-state index in [1.807, 2.05) is 115 Å². The summed E-state index contributed by atoms with van der Waals surface area (Å²) in [6, 6.07) is 38.7. The smallest absolute Gasteiger partial charge is 0.0935 e. The molecular weight excluding hydrogens is 420 g/mol. The molecule has 0 spiro atoms. The summed E-state index contributed by atoms with van der Waals surface area (Å²) in [5.41, 5.74) is 6.85. The molecule has 3 aromatic rings. The Balaban J connectivity index is 1.21. The maximum absolute atomic E-state index is 4.41. The van der Waals surface area contributed by atoms with E-state index < -0.39 is 0 Å². The van der Waals surface area contributed by atoms with Crippen LogP contribution in [0.3, 0.4) is 0 Å². The first-order valence-electron chi connectivity index (χ1n) is 10.8. The lowest BCUT2D eigenvalue weighted by molar-refractivity contribution is 1.20. The molecule has 0 heterocycles. The van der Waals surface area contributed by atoms with Crippen LogP contribution in [-0.2, 0) is 0 Å². The lowest BCUT2D eigenvalue weighted by atomic mass is 10.2. The van der Waals surface area contributed by atoms with Gasteiger partial charge in [-0.3, -0.25) is 0 Å². The van der Waals surface area contributed by atoms with Crippen molar-refractivity contribution in [2.45, 2.75) is 0 Å². The van der Waals surface area contributed by atoms with Gasteiger partial charge in [0.15, 0.2) is 0 Å². The summed E-state index contributed by atoms with van der Waals surface area (Å²) < 4.78 is 0. The minimum absolute atomic E-state index is 0.734. The molecule has 5 rings (SSSR count). The van der Waals surface area contributed by atoms with E-state index in [1.54, 1.807) is 0 Å². The summed E-state index contributed by atoms with van der Waals surface area (Å²) >= 11 is 0. The zero-order valence-corrected chi connectivity index (χ0v) is 18.2. The van der Waals surface area contributed by atoms with Gasteiger partial charge in [-0.05, 0) is 72.3 Å². The second-order valence-corrected chi connectivity index (χ2v) is 7.47. The van der Waals surface area contributed by atoms with Crippen LogP contribution in [0.4, 0.5) is 34.1 Å². The number of fused-ring (bicyclic) bond motifs is 1. The molecule has 0 radical (unpaired) electrons. The highest BCUT2D eigenvalue weighted by Crippen LogP contribution is 2.34. The van der Waals surface area contributed by atoms with Gasteiger partial charge in [-0.1, -0.05) is 54.6 Å². The molecule has 6 heteroatoms. The summed E-state index contributed by atoms with van der Waals surface area (Å²) in [6.07, 6.45) is 0. The van der Waals surface area contributed by atoms with Crippen LogP contribution in [0.5, 0.6) is 0 Å². The van der Waals surface area contributed by atoms with Crippen molar-refractivity contribution in [3.05, 3.63) is 121 Å². The van der Waals surface area contributed by atoms with Crippen LogP contribution < -0.4 is 0 Å². The zero-order chi connectivity index (χ0) is 23.0. The number of benzene rings is 3. The van der Waals surface area contributed by atoms with Crippen molar-refractivity contribution in [2.75, 3.05) is 0 Å². The van der Waals surface area contributed by atoms with E-state index in [-0.39, 0.29) is 0 Å². The SMILES string of the molecule is c1ccc(N=Nc2ccc(N=Nc3ccc(N=Nc4ccc5cccccc4-5)cc3)cc2)cc1. The highest BCUT2D eigenvalue weighted by Gasteiger charge is 2.06. The molecule has 0 aliphatic heterocycles. The fourth-order valence-corrected chi connectivity index (χ4v) is 3.29. The molecule has 3 aromatic carbocycles. The van der Waals surface area contributed by atoms with Crippen molar-refractivity contribution in [1.29, 1.82) is 0 Å². The van der Waals surface area contributed by atoms with Crippen LogP contribution in [-0.4, -0.2) is 0 Å². The van der Waals surface area contributed by atoms with Crippen molar-refractivity contribution in [3.8, 4) is 11.1 Å². The van der Waals surface area contributed by atoms with Crippen LogP contribution in [0.1, 0.15) is 0 Å². The fourth-order valence-electron chi connectivity index (χ4n) is 3.29. The molecule has 0 aromatic heterocycles. The van der Waals surface area contributed by atoms with E-state index in [9.17, 15) is 0 Å². The second-order valence-electron chi connectivity index (χ2n) is 7.47. The van der Waals surface area contributed by atoms with Crippen molar-refractivity contribution in [2.24, 2.45) is 30.7 Å². The Morgan fingerprint density at radius 2 is 0.706 bits per heavy atom.